The van der Waals surface area contributed by atoms with Crippen molar-refractivity contribution in [1.82, 2.24) is 14.5 Å². The number of benzene rings is 2. The average molecular weight is 576 g/mol. The molecule has 2 aromatic carbocycles. The Kier molecular flexibility index (Phi) is 6.37. The maximum absolute atomic E-state index is 14.9. The number of carboxylic acid groups (broad SMARTS) is 1. The fourth-order valence-corrected chi connectivity index (χ4v) is 6.69. The zero-order chi connectivity index (χ0) is 28.3. The Morgan fingerprint density at radius 1 is 1.24 bits per heavy atom. The zero-order valence-electron chi connectivity index (χ0n) is 22.9. The van der Waals surface area contributed by atoms with Crippen LogP contribution in [0.1, 0.15) is 52.0 Å². The third-order valence-electron chi connectivity index (χ3n) is 8.12. The Labute approximate surface area is 240 Å². The molecule has 0 spiro atoms. The minimum atomic E-state index is -1.24. The summed E-state index contributed by atoms with van der Waals surface area (Å²) in [7, 11) is 0. The lowest BCUT2D eigenvalue weighted by molar-refractivity contribution is -0.0708. The van der Waals surface area contributed by atoms with Crippen LogP contribution in [-0.2, 0) is 23.6 Å². The molecule has 0 bridgehead atoms. The molecular weight excluding hydrogens is 545 g/mol. The molecular formula is C31H30FN3O5S. The molecule has 212 valence electrons. The largest absolute Gasteiger partial charge is 0.477 e. The zero-order valence-corrected chi connectivity index (χ0v) is 23.7. The van der Waals surface area contributed by atoms with Crippen molar-refractivity contribution in [2.24, 2.45) is 0 Å². The second-order valence-electron chi connectivity index (χ2n) is 11.0. The van der Waals surface area contributed by atoms with Crippen LogP contribution in [0.2, 0.25) is 0 Å². The van der Waals surface area contributed by atoms with Gasteiger partial charge in [-0.15, -0.1) is 11.3 Å². The van der Waals surface area contributed by atoms with Crippen molar-refractivity contribution in [3.8, 4) is 11.5 Å². The van der Waals surface area contributed by atoms with Crippen molar-refractivity contribution in [3.63, 3.8) is 0 Å². The average Bonchev–Trinajstić information content (AvgIpc) is 3.57. The molecule has 1 fully saturated rings. The number of nitrogens with zero attached hydrogens (tertiary/aromatic N) is 3. The van der Waals surface area contributed by atoms with Crippen LogP contribution in [0.3, 0.4) is 0 Å². The van der Waals surface area contributed by atoms with Crippen molar-refractivity contribution < 1.29 is 28.5 Å². The molecule has 41 heavy (non-hydrogen) atoms. The molecule has 1 saturated heterocycles. The normalized spacial score (nSPS) is 22.1. The second kappa shape index (κ2) is 9.97. The first-order valence-electron chi connectivity index (χ1n) is 13.8. The van der Waals surface area contributed by atoms with Gasteiger partial charge >= 0.3 is 5.97 Å². The second-order valence-corrected chi connectivity index (χ2v) is 12.0. The van der Waals surface area contributed by atoms with Gasteiger partial charge in [-0.25, -0.2) is 14.2 Å². The number of carboxylic acids is 1. The third-order valence-corrected chi connectivity index (χ3v) is 9.12. The van der Waals surface area contributed by atoms with Crippen LogP contribution in [-0.4, -0.2) is 51.3 Å². The van der Waals surface area contributed by atoms with E-state index in [1.165, 1.54) is 17.4 Å². The number of fused-ring (bicyclic) bond motifs is 2. The van der Waals surface area contributed by atoms with Gasteiger partial charge in [0.1, 0.15) is 21.3 Å². The van der Waals surface area contributed by atoms with Crippen LogP contribution < -0.4 is 9.47 Å². The summed E-state index contributed by atoms with van der Waals surface area (Å²) in [6.45, 7) is 7.24. The molecule has 8 nitrogen and oxygen atoms in total. The molecule has 0 aliphatic carbocycles. The summed E-state index contributed by atoms with van der Waals surface area (Å²) in [5.41, 5.74) is 4.19. The Morgan fingerprint density at radius 3 is 2.80 bits per heavy atom. The Bertz CT molecular complexity index is 1710. The summed E-state index contributed by atoms with van der Waals surface area (Å²) in [6.07, 6.45) is 4.14. The highest BCUT2D eigenvalue weighted by atomic mass is 32.1. The summed E-state index contributed by atoms with van der Waals surface area (Å²) in [6, 6.07) is 12.6. The monoisotopic (exact) mass is 575 g/mol. The molecule has 2 aromatic heterocycles. The maximum atomic E-state index is 14.9. The van der Waals surface area contributed by atoms with Gasteiger partial charge in [-0.05, 0) is 55.2 Å². The van der Waals surface area contributed by atoms with Crippen LogP contribution in [0, 0.1) is 12.7 Å². The highest BCUT2D eigenvalue weighted by molar-refractivity contribution is 7.20. The number of aryl methyl sites for hydroxylation is 1. The Hall–Kier alpha value is -3.73. The van der Waals surface area contributed by atoms with E-state index in [0.717, 1.165) is 65.4 Å². The molecule has 2 atom stereocenters. The van der Waals surface area contributed by atoms with E-state index in [2.05, 4.69) is 15.5 Å². The standard InChI is InChI=1S/C31H30FN3O5S/c1-18-6-7-22(23(32)14-18)31(2)39-25-5-3-4-21(28(25)40-31)19-8-11-34(12-9-19)17-27-33-29-24(15-26(41-29)30(36)37)35(27)16-20-10-13-38-20/h3-8,14-15,20H,9-13,16-17H2,1-2H3,(H,36,37)/t20-,31-/m0/s1. The van der Waals surface area contributed by atoms with Crippen molar-refractivity contribution in [2.75, 3.05) is 19.7 Å². The molecule has 3 aliphatic rings. The van der Waals surface area contributed by atoms with E-state index in [1.54, 1.807) is 19.1 Å². The van der Waals surface area contributed by atoms with Gasteiger partial charge in [-0.3, -0.25) is 4.90 Å². The van der Waals surface area contributed by atoms with Crippen LogP contribution in [0.5, 0.6) is 11.5 Å². The fraction of sp³-hybridized carbons (Fsp3) is 0.355. The van der Waals surface area contributed by atoms with E-state index in [-0.39, 0.29) is 11.9 Å². The number of ether oxygens (including phenoxy) is 3. The first kappa shape index (κ1) is 26.2. The number of aromatic nitrogens is 2. The number of halogens is 1. The van der Waals surface area contributed by atoms with Gasteiger partial charge in [0.25, 0.3) is 5.79 Å². The van der Waals surface area contributed by atoms with Gasteiger partial charge in [0, 0.05) is 32.2 Å². The number of rotatable bonds is 7. The molecule has 5 heterocycles. The molecule has 1 N–H and O–H groups in total. The van der Waals surface area contributed by atoms with Gasteiger partial charge in [0.05, 0.1) is 30.3 Å². The number of aromatic carboxylic acids is 1. The molecule has 3 aliphatic heterocycles. The number of carbonyl (C=O) groups is 1. The summed E-state index contributed by atoms with van der Waals surface area (Å²) in [5.74, 6) is -0.360. The number of para-hydroxylation sites is 1. The summed E-state index contributed by atoms with van der Waals surface area (Å²) in [4.78, 5) is 19.7. The highest BCUT2D eigenvalue weighted by Crippen LogP contribution is 2.49. The lowest BCUT2D eigenvalue weighted by atomic mass is 9.98. The van der Waals surface area contributed by atoms with E-state index < -0.39 is 11.8 Å². The fourth-order valence-electron chi connectivity index (χ4n) is 5.80. The first-order valence-corrected chi connectivity index (χ1v) is 14.6. The third kappa shape index (κ3) is 4.69. The summed E-state index contributed by atoms with van der Waals surface area (Å²) < 4.78 is 35.2. The van der Waals surface area contributed by atoms with Gasteiger partial charge in [0.15, 0.2) is 11.5 Å². The van der Waals surface area contributed by atoms with Crippen molar-refractivity contribution >= 4 is 33.2 Å². The van der Waals surface area contributed by atoms with E-state index in [0.29, 0.717) is 35.0 Å². The molecule has 10 heteroatoms. The lowest BCUT2D eigenvalue weighted by Gasteiger charge is -2.29. The summed E-state index contributed by atoms with van der Waals surface area (Å²) >= 11 is 1.21. The van der Waals surface area contributed by atoms with E-state index in [9.17, 15) is 14.3 Å². The first-order chi connectivity index (χ1) is 19.8. The van der Waals surface area contributed by atoms with E-state index >= 15 is 0 Å². The molecule has 0 saturated carbocycles. The number of hydrogen-bond acceptors (Lipinski definition) is 7. The number of imidazole rings is 1. The SMILES string of the molecule is Cc1ccc([C@@]2(C)Oc3cccc(C4=CCN(Cc5nc6sc(C(=O)O)cc6n5C[C@@H]5CCO5)CC4)c3O2)c(F)c1. The lowest BCUT2D eigenvalue weighted by Crippen LogP contribution is -2.33. The van der Waals surface area contributed by atoms with E-state index in [4.69, 9.17) is 19.2 Å². The molecule has 7 rings (SSSR count). The highest BCUT2D eigenvalue weighted by Gasteiger charge is 2.42. The quantitative estimate of drug-likeness (QED) is 0.291. The molecule has 0 unspecified atom stereocenters. The van der Waals surface area contributed by atoms with Crippen LogP contribution in [0.4, 0.5) is 4.39 Å². The van der Waals surface area contributed by atoms with Crippen LogP contribution in [0.25, 0.3) is 15.9 Å². The van der Waals surface area contributed by atoms with E-state index in [1.807, 2.05) is 31.2 Å². The minimum absolute atomic E-state index is 0.133. The predicted octanol–water partition coefficient (Wildman–Crippen LogP) is 5.97. The van der Waals surface area contributed by atoms with Crippen molar-refractivity contribution in [3.05, 3.63) is 81.7 Å². The van der Waals surface area contributed by atoms with Gasteiger partial charge in [0.2, 0.25) is 0 Å². The number of hydrogen-bond donors (Lipinski definition) is 1. The summed E-state index contributed by atoms with van der Waals surface area (Å²) in [5, 5.41) is 9.45. The molecule has 4 aromatic rings. The van der Waals surface area contributed by atoms with Gasteiger partial charge < -0.3 is 23.9 Å². The topological polar surface area (TPSA) is 86.1 Å². The van der Waals surface area contributed by atoms with Crippen LogP contribution in [0.15, 0.2) is 48.5 Å². The Morgan fingerprint density at radius 2 is 2.10 bits per heavy atom. The van der Waals surface area contributed by atoms with Gasteiger partial charge in [-0.1, -0.05) is 24.3 Å². The molecule has 0 amide bonds. The van der Waals surface area contributed by atoms with Gasteiger partial charge in [-0.2, -0.15) is 0 Å². The maximum Gasteiger partial charge on any atom is 0.346 e. The minimum Gasteiger partial charge on any atom is -0.477 e. The van der Waals surface area contributed by atoms with Crippen LogP contribution >= 0.6 is 11.3 Å². The smallest absolute Gasteiger partial charge is 0.346 e. The van der Waals surface area contributed by atoms with Crippen molar-refractivity contribution in [1.29, 1.82) is 0 Å². The number of thiophene rings is 1. The predicted molar refractivity (Wildman–Crippen MR) is 153 cm³/mol. The van der Waals surface area contributed by atoms with Crippen molar-refractivity contribution in [2.45, 2.75) is 51.7 Å². The molecule has 0 radical (unpaired) electrons. The Balaban J connectivity index is 1.11.